The summed E-state index contributed by atoms with van der Waals surface area (Å²) in [5.41, 5.74) is 4.68. The van der Waals surface area contributed by atoms with Gasteiger partial charge in [-0.15, -0.1) is 0 Å². The Bertz CT molecular complexity index is 528. The quantitative estimate of drug-likeness (QED) is 0.618. The van der Waals surface area contributed by atoms with Crippen molar-refractivity contribution in [3.8, 4) is 0 Å². The van der Waals surface area contributed by atoms with Crippen molar-refractivity contribution in [2.75, 3.05) is 0 Å². The lowest BCUT2D eigenvalue weighted by Gasteiger charge is -2.26. The van der Waals surface area contributed by atoms with E-state index in [4.69, 9.17) is 5.73 Å². The molecule has 1 aromatic rings. The number of carbonyl (C=O) groups excluding carboxylic acids is 2. The standard InChI is InChI=1S/C14H19N3O4/c1-14(2,8-10(15)18)17-13(21)16-11(12(19)20)9-6-4-3-5-7-9/h3-7,11H,8H2,1-2H3,(H2,15,18)(H,19,20)(H2,16,17,21)/t11-/m0/s1. The lowest BCUT2D eigenvalue weighted by atomic mass is 10.0. The molecule has 0 saturated heterocycles. The lowest BCUT2D eigenvalue weighted by molar-refractivity contribution is -0.139. The van der Waals surface area contributed by atoms with Gasteiger partial charge in [-0.05, 0) is 19.4 Å². The third-order valence-corrected chi connectivity index (χ3v) is 2.72. The molecule has 0 heterocycles. The summed E-state index contributed by atoms with van der Waals surface area (Å²) in [4.78, 5) is 34.1. The first-order valence-electron chi connectivity index (χ1n) is 6.36. The monoisotopic (exact) mass is 293 g/mol. The van der Waals surface area contributed by atoms with E-state index in [9.17, 15) is 19.5 Å². The van der Waals surface area contributed by atoms with Crippen molar-refractivity contribution in [2.24, 2.45) is 5.73 Å². The molecular weight excluding hydrogens is 274 g/mol. The van der Waals surface area contributed by atoms with Crippen molar-refractivity contribution in [1.29, 1.82) is 0 Å². The minimum absolute atomic E-state index is 0.0521. The summed E-state index contributed by atoms with van der Waals surface area (Å²) >= 11 is 0. The Morgan fingerprint density at radius 2 is 1.81 bits per heavy atom. The Balaban J connectivity index is 2.75. The number of carboxylic acids is 1. The Morgan fingerprint density at radius 1 is 1.24 bits per heavy atom. The fourth-order valence-electron chi connectivity index (χ4n) is 1.89. The molecule has 0 unspecified atom stereocenters. The maximum Gasteiger partial charge on any atom is 0.330 e. The molecule has 0 aromatic heterocycles. The highest BCUT2D eigenvalue weighted by atomic mass is 16.4. The van der Waals surface area contributed by atoms with Crippen LogP contribution in [0.4, 0.5) is 4.79 Å². The summed E-state index contributed by atoms with van der Waals surface area (Å²) in [5, 5.41) is 14.1. The van der Waals surface area contributed by atoms with Gasteiger partial charge in [-0.25, -0.2) is 9.59 Å². The molecule has 0 saturated carbocycles. The predicted molar refractivity (Wildman–Crippen MR) is 76.4 cm³/mol. The van der Waals surface area contributed by atoms with Crippen LogP contribution in [-0.2, 0) is 9.59 Å². The van der Waals surface area contributed by atoms with Gasteiger partial charge >= 0.3 is 12.0 Å². The number of rotatable bonds is 6. The second kappa shape index (κ2) is 6.74. The number of carboxylic acid groups (broad SMARTS) is 1. The molecule has 5 N–H and O–H groups in total. The van der Waals surface area contributed by atoms with Crippen LogP contribution in [0, 0.1) is 0 Å². The fourth-order valence-corrected chi connectivity index (χ4v) is 1.89. The van der Waals surface area contributed by atoms with Crippen LogP contribution in [0.25, 0.3) is 0 Å². The maximum absolute atomic E-state index is 11.9. The van der Waals surface area contributed by atoms with Gasteiger partial charge in [0.15, 0.2) is 6.04 Å². The minimum atomic E-state index is -1.18. The maximum atomic E-state index is 11.9. The van der Waals surface area contributed by atoms with Gasteiger partial charge < -0.3 is 21.5 Å². The summed E-state index contributed by atoms with van der Waals surface area (Å²) in [6.45, 7) is 3.24. The third-order valence-electron chi connectivity index (χ3n) is 2.72. The summed E-state index contributed by atoms with van der Waals surface area (Å²) < 4.78 is 0. The number of nitrogens with two attached hydrogens (primary N) is 1. The van der Waals surface area contributed by atoms with E-state index in [-0.39, 0.29) is 6.42 Å². The van der Waals surface area contributed by atoms with Crippen LogP contribution in [-0.4, -0.2) is 28.6 Å². The van der Waals surface area contributed by atoms with E-state index in [1.165, 1.54) is 0 Å². The SMILES string of the molecule is CC(C)(CC(N)=O)NC(=O)N[C@H](C(=O)O)c1ccccc1. The number of benzene rings is 1. The molecule has 21 heavy (non-hydrogen) atoms. The Labute approximate surface area is 122 Å². The summed E-state index contributed by atoms with van der Waals surface area (Å²) in [7, 11) is 0. The van der Waals surface area contributed by atoms with Gasteiger partial charge in [-0.2, -0.15) is 0 Å². The van der Waals surface area contributed by atoms with E-state index in [1.807, 2.05) is 0 Å². The van der Waals surface area contributed by atoms with Crippen LogP contribution < -0.4 is 16.4 Å². The average molecular weight is 293 g/mol. The van der Waals surface area contributed by atoms with E-state index in [1.54, 1.807) is 44.2 Å². The molecular formula is C14H19N3O4. The van der Waals surface area contributed by atoms with Crippen molar-refractivity contribution in [3.05, 3.63) is 35.9 Å². The zero-order chi connectivity index (χ0) is 16.0. The van der Waals surface area contributed by atoms with Gasteiger partial charge in [0.2, 0.25) is 5.91 Å². The van der Waals surface area contributed by atoms with Crippen molar-refractivity contribution in [2.45, 2.75) is 31.8 Å². The van der Waals surface area contributed by atoms with E-state index < -0.39 is 29.5 Å². The molecule has 0 aliphatic rings. The molecule has 1 atom stereocenters. The normalized spacial score (nSPS) is 12.3. The highest BCUT2D eigenvalue weighted by molar-refractivity contribution is 5.84. The van der Waals surface area contributed by atoms with E-state index in [2.05, 4.69) is 10.6 Å². The Morgan fingerprint density at radius 3 is 2.29 bits per heavy atom. The first-order valence-corrected chi connectivity index (χ1v) is 6.36. The molecule has 7 nitrogen and oxygen atoms in total. The van der Waals surface area contributed by atoms with Crippen LogP contribution in [0.5, 0.6) is 0 Å². The van der Waals surface area contributed by atoms with Crippen molar-refractivity contribution >= 4 is 17.9 Å². The largest absolute Gasteiger partial charge is 0.479 e. The molecule has 114 valence electrons. The van der Waals surface area contributed by atoms with Crippen LogP contribution in [0.2, 0.25) is 0 Å². The van der Waals surface area contributed by atoms with Gasteiger partial charge in [0.05, 0.1) is 0 Å². The van der Waals surface area contributed by atoms with E-state index in [0.717, 1.165) is 0 Å². The molecule has 0 spiro atoms. The molecule has 0 bridgehead atoms. The molecule has 3 amide bonds. The highest BCUT2D eigenvalue weighted by Crippen LogP contribution is 2.13. The summed E-state index contributed by atoms with van der Waals surface area (Å²) in [6.07, 6.45) is -0.0521. The zero-order valence-corrected chi connectivity index (χ0v) is 11.9. The number of urea groups is 1. The minimum Gasteiger partial charge on any atom is -0.479 e. The molecule has 0 fully saturated rings. The average Bonchev–Trinajstić information content (AvgIpc) is 2.34. The van der Waals surface area contributed by atoms with Gasteiger partial charge in [-0.3, -0.25) is 4.79 Å². The Kier molecular flexibility index (Phi) is 5.29. The predicted octanol–water partition coefficient (Wildman–Crippen LogP) is 0.766. The number of nitrogens with one attached hydrogen (secondary N) is 2. The lowest BCUT2D eigenvalue weighted by Crippen LogP contribution is -2.51. The van der Waals surface area contributed by atoms with Gasteiger partial charge in [0.25, 0.3) is 0 Å². The smallest absolute Gasteiger partial charge is 0.330 e. The molecule has 0 aliphatic carbocycles. The second-order valence-corrected chi connectivity index (χ2v) is 5.31. The van der Waals surface area contributed by atoms with Crippen LogP contribution in [0.1, 0.15) is 31.9 Å². The van der Waals surface area contributed by atoms with Crippen LogP contribution in [0.15, 0.2) is 30.3 Å². The van der Waals surface area contributed by atoms with E-state index in [0.29, 0.717) is 5.56 Å². The molecule has 1 rings (SSSR count). The van der Waals surface area contributed by atoms with Crippen molar-refractivity contribution in [1.82, 2.24) is 10.6 Å². The van der Waals surface area contributed by atoms with Gasteiger partial charge in [0, 0.05) is 12.0 Å². The first kappa shape index (κ1) is 16.5. The topological polar surface area (TPSA) is 122 Å². The number of primary amides is 1. The fraction of sp³-hybridized carbons (Fsp3) is 0.357. The van der Waals surface area contributed by atoms with Crippen LogP contribution >= 0.6 is 0 Å². The molecule has 0 aliphatic heterocycles. The number of hydrogen-bond donors (Lipinski definition) is 4. The molecule has 7 heteroatoms. The van der Waals surface area contributed by atoms with Crippen LogP contribution in [0.3, 0.4) is 0 Å². The number of aliphatic carboxylic acids is 1. The Hall–Kier alpha value is -2.57. The molecule has 1 aromatic carbocycles. The summed E-state index contributed by atoms with van der Waals surface area (Å²) in [6, 6.07) is 6.47. The van der Waals surface area contributed by atoms with Gasteiger partial charge in [-0.1, -0.05) is 30.3 Å². The zero-order valence-electron chi connectivity index (χ0n) is 11.9. The van der Waals surface area contributed by atoms with Gasteiger partial charge in [0.1, 0.15) is 0 Å². The van der Waals surface area contributed by atoms with Crippen molar-refractivity contribution < 1.29 is 19.5 Å². The number of amides is 3. The van der Waals surface area contributed by atoms with Crippen molar-refractivity contribution in [3.63, 3.8) is 0 Å². The third kappa shape index (κ3) is 5.52. The first-order chi connectivity index (χ1) is 9.71. The number of carbonyl (C=O) groups is 3. The highest BCUT2D eigenvalue weighted by Gasteiger charge is 2.26. The second-order valence-electron chi connectivity index (χ2n) is 5.31. The molecule has 0 radical (unpaired) electrons. The number of hydrogen-bond acceptors (Lipinski definition) is 3. The van der Waals surface area contributed by atoms with E-state index >= 15 is 0 Å². The summed E-state index contributed by atoms with van der Waals surface area (Å²) in [5.74, 6) is -1.73.